The van der Waals surface area contributed by atoms with E-state index in [1.165, 1.54) is 11.1 Å². The first-order valence-electron chi connectivity index (χ1n) is 8.54. The highest BCUT2D eigenvalue weighted by atomic mass is 16.2. The standard InChI is InChI=1S/C21H28N2O/c1-16(2)21(18-11-6-5-7-12-18)22-20(24)15-23(4)14-19-13-9-8-10-17(19)3/h5-13,16,21H,14-15H2,1-4H3,(H,22,24). The second kappa shape index (κ2) is 8.65. The van der Waals surface area contributed by atoms with Crippen LogP contribution in [0.1, 0.15) is 36.6 Å². The van der Waals surface area contributed by atoms with E-state index in [1.807, 2.05) is 37.4 Å². The fraction of sp³-hybridized carbons (Fsp3) is 0.381. The molecule has 1 N–H and O–H groups in total. The first-order chi connectivity index (χ1) is 11.5. The summed E-state index contributed by atoms with van der Waals surface area (Å²) in [5.41, 5.74) is 3.67. The van der Waals surface area contributed by atoms with Gasteiger partial charge in [0.05, 0.1) is 12.6 Å². The molecule has 0 heterocycles. The molecule has 0 fully saturated rings. The van der Waals surface area contributed by atoms with Gasteiger partial charge in [0.2, 0.25) is 5.91 Å². The molecule has 0 aliphatic carbocycles. The van der Waals surface area contributed by atoms with Crippen LogP contribution in [0.15, 0.2) is 54.6 Å². The van der Waals surface area contributed by atoms with Gasteiger partial charge in [-0.15, -0.1) is 0 Å². The number of amides is 1. The van der Waals surface area contributed by atoms with Crippen LogP contribution in [0.3, 0.4) is 0 Å². The average Bonchev–Trinajstić information content (AvgIpc) is 2.55. The Labute approximate surface area is 145 Å². The van der Waals surface area contributed by atoms with Gasteiger partial charge in [-0.3, -0.25) is 9.69 Å². The lowest BCUT2D eigenvalue weighted by Gasteiger charge is -2.25. The van der Waals surface area contributed by atoms with Crippen molar-refractivity contribution in [3.05, 3.63) is 71.3 Å². The van der Waals surface area contributed by atoms with Gasteiger partial charge in [0.15, 0.2) is 0 Å². The van der Waals surface area contributed by atoms with Crippen molar-refractivity contribution in [2.75, 3.05) is 13.6 Å². The van der Waals surface area contributed by atoms with Gasteiger partial charge in [0.25, 0.3) is 0 Å². The normalized spacial score (nSPS) is 12.4. The third-order valence-corrected chi connectivity index (χ3v) is 4.26. The minimum absolute atomic E-state index is 0.0468. The molecule has 1 amide bonds. The quantitative estimate of drug-likeness (QED) is 0.836. The van der Waals surface area contributed by atoms with E-state index in [1.54, 1.807) is 0 Å². The molecule has 0 aliphatic rings. The third kappa shape index (κ3) is 5.20. The Morgan fingerprint density at radius 2 is 1.67 bits per heavy atom. The highest BCUT2D eigenvalue weighted by molar-refractivity contribution is 5.78. The van der Waals surface area contributed by atoms with Crippen LogP contribution in [0.25, 0.3) is 0 Å². The van der Waals surface area contributed by atoms with Crippen LogP contribution in [0.2, 0.25) is 0 Å². The fourth-order valence-electron chi connectivity index (χ4n) is 2.89. The van der Waals surface area contributed by atoms with E-state index in [9.17, 15) is 4.79 Å². The lowest BCUT2D eigenvalue weighted by atomic mass is 9.96. The maximum Gasteiger partial charge on any atom is 0.234 e. The largest absolute Gasteiger partial charge is 0.348 e. The summed E-state index contributed by atoms with van der Waals surface area (Å²) in [5.74, 6) is 0.409. The summed E-state index contributed by atoms with van der Waals surface area (Å²) in [6, 6.07) is 18.5. The Hall–Kier alpha value is -2.13. The van der Waals surface area contributed by atoms with E-state index < -0.39 is 0 Å². The van der Waals surface area contributed by atoms with Gasteiger partial charge >= 0.3 is 0 Å². The summed E-state index contributed by atoms with van der Waals surface area (Å²) in [6.07, 6.45) is 0. The Bertz CT molecular complexity index is 652. The van der Waals surface area contributed by atoms with Crippen molar-refractivity contribution in [1.29, 1.82) is 0 Å². The van der Waals surface area contributed by atoms with E-state index in [4.69, 9.17) is 0 Å². The Morgan fingerprint density at radius 1 is 1.04 bits per heavy atom. The second-order valence-electron chi connectivity index (χ2n) is 6.80. The first kappa shape index (κ1) is 18.2. The molecule has 2 rings (SSSR count). The number of carbonyl (C=O) groups is 1. The fourth-order valence-corrected chi connectivity index (χ4v) is 2.89. The number of aryl methyl sites for hydroxylation is 1. The van der Waals surface area contributed by atoms with E-state index in [0.717, 1.165) is 12.1 Å². The molecule has 24 heavy (non-hydrogen) atoms. The Balaban J connectivity index is 1.95. The van der Waals surface area contributed by atoms with Crippen molar-refractivity contribution in [3.8, 4) is 0 Å². The van der Waals surface area contributed by atoms with Gasteiger partial charge in [-0.05, 0) is 36.6 Å². The number of likely N-dealkylation sites (N-methyl/N-ethyl adjacent to an activating group) is 1. The molecule has 0 saturated carbocycles. The average molecular weight is 324 g/mol. The lowest BCUT2D eigenvalue weighted by molar-refractivity contribution is -0.123. The molecule has 0 aliphatic heterocycles. The van der Waals surface area contributed by atoms with Crippen molar-refractivity contribution in [3.63, 3.8) is 0 Å². The molecule has 1 atom stereocenters. The molecular weight excluding hydrogens is 296 g/mol. The number of nitrogens with zero attached hydrogens (tertiary/aromatic N) is 1. The molecule has 1 unspecified atom stereocenters. The molecular formula is C21H28N2O. The van der Waals surface area contributed by atoms with Crippen molar-refractivity contribution < 1.29 is 4.79 Å². The molecule has 2 aromatic carbocycles. The monoisotopic (exact) mass is 324 g/mol. The summed E-state index contributed by atoms with van der Waals surface area (Å²) in [7, 11) is 1.99. The highest BCUT2D eigenvalue weighted by Crippen LogP contribution is 2.21. The summed E-state index contributed by atoms with van der Waals surface area (Å²) in [5, 5.41) is 3.18. The zero-order chi connectivity index (χ0) is 17.5. The number of carbonyl (C=O) groups excluding carboxylic acids is 1. The highest BCUT2D eigenvalue weighted by Gasteiger charge is 2.18. The van der Waals surface area contributed by atoms with Crippen molar-refractivity contribution in [2.24, 2.45) is 5.92 Å². The van der Waals surface area contributed by atoms with Crippen molar-refractivity contribution >= 4 is 5.91 Å². The zero-order valence-corrected chi connectivity index (χ0v) is 15.1. The maximum absolute atomic E-state index is 12.5. The molecule has 0 saturated heterocycles. The van der Waals surface area contributed by atoms with Crippen LogP contribution in [-0.2, 0) is 11.3 Å². The second-order valence-corrected chi connectivity index (χ2v) is 6.80. The summed E-state index contributed by atoms with van der Waals surface area (Å²) >= 11 is 0. The number of nitrogens with one attached hydrogen (secondary N) is 1. The molecule has 2 aromatic rings. The van der Waals surface area contributed by atoms with Gasteiger partial charge in [0, 0.05) is 6.54 Å². The zero-order valence-electron chi connectivity index (χ0n) is 15.1. The molecule has 0 spiro atoms. The molecule has 128 valence electrons. The molecule has 3 heteroatoms. The minimum Gasteiger partial charge on any atom is -0.348 e. The van der Waals surface area contributed by atoms with Gasteiger partial charge in [-0.25, -0.2) is 0 Å². The van der Waals surface area contributed by atoms with Gasteiger partial charge in [0.1, 0.15) is 0 Å². The van der Waals surface area contributed by atoms with Gasteiger partial charge in [-0.2, -0.15) is 0 Å². The minimum atomic E-state index is 0.0468. The predicted octanol–water partition coefficient (Wildman–Crippen LogP) is 3.94. The van der Waals surface area contributed by atoms with E-state index in [0.29, 0.717) is 12.5 Å². The smallest absolute Gasteiger partial charge is 0.234 e. The van der Waals surface area contributed by atoms with Gasteiger partial charge < -0.3 is 5.32 Å². The van der Waals surface area contributed by atoms with Crippen molar-refractivity contribution in [2.45, 2.75) is 33.4 Å². The number of benzene rings is 2. The molecule has 3 nitrogen and oxygen atoms in total. The lowest BCUT2D eigenvalue weighted by Crippen LogP contribution is -2.38. The van der Waals surface area contributed by atoms with Crippen LogP contribution < -0.4 is 5.32 Å². The van der Waals surface area contributed by atoms with Crippen molar-refractivity contribution in [1.82, 2.24) is 10.2 Å². The van der Waals surface area contributed by atoms with Crippen LogP contribution in [-0.4, -0.2) is 24.4 Å². The number of hydrogen-bond acceptors (Lipinski definition) is 2. The van der Waals surface area contributed by atoms with Crippen LogP contribution >= 0.6 is 0 Å². The van der Waals surface area contributed by atoms with E-state index >= 15 is 0 Å². The summed E-state index contributed by atoms with van der Waals surface area (Å²) < 4.78 is 0. The molecule has 0 radical (unpaired) electrons. The van der Waals surface area contributed by atoms with Crippen LogP contribution in [0.4, 0.5) is 0 Å². The molecule has 0 bridgehead atoms. The van der Waals surface area contributed by atoms with Crippen LogP contribution in [0, 0.1) is 12.8 Å². The Morgan fingerprint density at radius 3 is 2.29 bits per heavy atom. The number of hydrogen-bond donors (Lipinski definition) is 1. The SMILES string of the molecule is Cc1ccccc1CN(C)CC(=O)NC(c1ccccc1)C(C)C. The number of rotatable bonds is 7. The third-order valence-electron chi connectivity index (χ3n) is 4.26. The summed E-state index contributed by atoms with van der Waals surface area (Å²) in [6.45, 7) is 7.54. The Kier molecular flexibility index (Phi) is 6.56. The van der Waals surface area contributed by atoms with Gasteiger partial charge in [-0.1, -0.05) is 68.4 Å². The van der Waals surface area contributed by atoms with E-state index in [2.05, 4.69) is 55.3 Å². The first-order valence-corrected chi connectivity index (χ1v) is 8.54. The molecule has 0 aromatic heterocycles. The summed E-state index contributed by atoms with van der Waals surface area (Å²) in [4.78, 5) is 14.5. The van der Waals surface area contributed by atoms with Crippen LogP contribution in [0.5, 0.6) is 0 Å². The van der Waals surface area contributed by atoms with E-state index in [-0.39, 0.29) is 11.9 Å². The predicted molar refractivity (Wildman–Crippen MR) is 99.7 cm³/mol. The maximum atomic E-state index is 12.5. The topological polar surface area (TPSA) is 32.3 Å².